The van der Waals surface area contributed by atoms with E-state index in [2.05, 4.69) is 79.6 Å². The van der Waals surface area contributed by atoms with Crippen molar-refractivity contribution in [2.24, 2.45) is 0 Å². The summed E-state index contributed by atoms with van der Waals surface area (Å²) in [7, 11) is 2.20. The minimum absolute atomic E-state index is 0.544. The maximum atomic E-state index is 3.70. The second-order valence-electron chi connectivity index (χ2n) is 6.21. The van der Waals surface area contributed by atoms with Crippen LogP contribution in [0.4, 0.5) is 5.69 Å². The molecular weight excluding hydrogens is 256 g/mol. The molecule has 0 spiro atoms. The van der Waals surface area contributed by atoms with E-state index < -0.39 is 0 Å². The lowest BCUT2D eigenvalue weighted by Crippen LogP contribution is -2.33. The number of nitrogens with zero attached hydrogens (tertiary/aromatic N) is 1. The standard InChI is InChI=1S/C19H24N2/c1-14-6-4-7-16(12-14)17-8-5-9-18(13-17)20-19-10-11-21(3)15(19)2/h4-9,12-13,15,19-20H,10-11H2,1-3H3. The summed E-state index contributed by atoms with van der Waals surface area (Å²) < 4.78 is 0. The molecule has 0 aliphatic carbocycles. The van der Waals surface area contributed by atoms with Crippen LogP contribution >= 0.6 is 0 Å². The summed E-state index contributed by atoms with van der Waals surface area (Å²) in [5.41, 5.74) is 5.09. The van der Waals surface area contributed by atoms with Crippen molar-refractivity contribution in [2.45, 2.75) is 32.4 Å². The van der Waals surface area contributed by atoms with Gasteiger partial charge in [-0.3, -0.25) is 0 Å². The summed E-state index contributed by atoms with van der Waals surface area (Å²) in [5, 5.41) is 3.70. The highest BCUT2D eigenvalue weighted by Crippen LogP contribution is 2.26. The highest BCUT2D eigenvalue weighted by atomic mass is 15.2. The third-order valence-electron chi connectivity index (χ3n) is 4.64. The molecule has 2 aromatic carbocycles. The minimum Gasteiger partial charge on any atom is -0.381 e. The first-order valence-electron chi connectivity index (χ1n) is 7.77. The van der Waals surface area contributed by atoms with Crippen LogP contribution in [0.2, 0.25) is 0 Å². The lowest BCUT2D eigenvalue weighted by atomic mass is 10.0. The van der Waals surface area contributed by atoms with Crippen molar-refractivity contribution in [3.05, 3.63) is 54.1 Å². The second-order valence-corrected chi connectivity index (χ2v) is 6.21. The first-order valence-corrected chi connectivity index (χ1v) is 7.77. The van der Waals surface area contributed by atoms with E-state index in [0.717, 1.165) is 0 Å². The molecule has 0 amide bonds. The highest BCUT2D eigenvalue weighted by Gasteiger charge is 2.27. The van der Waals surface area contributed by atoms with Crippen LogP contribution in [0.5, 0.6) is 0 Å². The zero-order chi connectivity index (χ0) is 14.8. The summed E-state index contributed by atoms with van der Waals surface area (Å²) >= 11 is 0. The molecule has 2 atom stereocenters. The summed E-state index contributed by atoms with van der Waals surface area (Å²) in [5.74, 6) is 0. The Balaban J connectivity index is 1.80. The third-order valence-corrected chi connectivity index (χ3v) is 4.64. The molecule has 0 bridgehead atoms. The Kier molecular flexibility index (Phi) is 3.98. The smallest absolute Gasteiger partial charge is 0.0426 e. The second kappa shape index (κ2) is 5.90. The molecule has 1 aliphatic heterocycles. The Morgan fingerprint density at radius 1 is 1.05 bits per heavy atom. The normalized spacial score (nSPS) is 22.4. The summed E-state index contributed by atoms with van der Waals surface area (Å²) in [6, 6.07) is 18.6. The van der Waals surface area contributed by atoms with Gasteiger partial charge in [-0.1, -0.05) is 42.0 Å². The molecular formula is C19H24N2. The zero-order valence-corrected chi connectivity index (χ0v) is 13.1. The molecule has 0 aromatic heterocycles. The van der Waals surface area contributed by atoms with Gasteiger partial charge in [-0.15, -0.1) is 0 Å². The molecule has 1 N–H and O–H groups in total. The van der Waals surface area contributed by atoms with Gasteiger partial charge in [0.15, 0.2) is 0 Å². The number of likely N-dealkylation sites (N-methyl/N-ethyl adjacent to an activating group) is 1. The molecule has 0 radical (unpaired) electrons. The Labute approximate surface area is 127 Å². The van der Waals surface area contributed by atoms with Crippen LogP contribution < -0.4 is 5.32 Å². The van der Waals surface area contributed by atoms with Gasteiger partial charge in [0.05, 0.1) is 0 Å². The molecule has 3 rings (SSSR count). The van der Waals surface area contributed by atoms with Crippen LogP contribution in [0.25, 0.3) is 11.1 Å². The lowest BCUT2D eigenvalue weighted by Gasteiger charge is -2.22. The van der Waals surface area contributed by atoms with E-state index in [0.29, 0.717) is 12.1 Å². The number of nitrogens with one attached hydrogen (secondary N) is 1. The SMILES string of the molecule is Cc1cccc(-c2cccc(NC3CCN(C)C3C)c2)c1. The van der Waals surface area contributed by atoms with Gasteiger partial charge in [0, 0.05) is 24.3 Å². The number of benzene rings is 2. The molecule has 1 aliphatic rings. The fourth-order valence-corrected chi connectivity index (χ4v) is 3.11. The van der Waals surface area contributed by atoms with Crippen molar-refractivity contribution in [1.82, 2.24) is 4.90 Å². The van der Waals surface area contributed by atoms with E-state index in [9.17, 15) is 0 Å². The molecule has 21 heavy (non-hydrogen) atoms. The van der Waals surface area contributed by atoms with E-state index in [1.807, 2.05) is 0 Å². The number of rotatable bonds is 3. The molecule has 1 heterocycles. The van der Waals surface area contributed by atoms with E-state index >= 15 is 0 Å². The van der Waals surface area contributed by atoms with E-state index in [4.69, 9.17) is 0 Å². The van der Waals surface area contributed by atoms with Crippen molar-refractivity contribution in [3.8, 4) is 11.1 Å². The van der Waals surface area contributed by atoms with Gasteiger partial charge >= 0.3 is 0 Å². The minimum atomic E-state index is 0.544. The zero-order valence-electron chi connectivity index (χ0n) is 13.1. The number of hydrogen-bond acceptors (Lipinski definition) is 2. The van der Waals surface area contributed by atoms with Crippen molar-refractivity contribution in [1.29, 1.82) is 0 Å². The van der Waals surface area contributed by atoms with Crippen LogP contribution in [0, 0.1) is 6.92 Å². The molecule has 2 unspecified atom stereocenters. The monoisotopic (exact) mass is 280 g/mol. The van der Waals surface area contributed by atoms with Gasteiger partial charge in [0.2, 0.25) is 0 Å². The van der Waals surface area contributed by atoms with Gasteiger partial charge in [-0.25, -0.2) is 0 Å². The largest absolute Gasteiger partial charge is 0.381 e. The quantitative estimate of drug-likeness (QED) is 0.908. The Morgan fingerprint density at radius 3 is 2.43 bits per heavy atom. The Morgan fingerprint density at radius 2 is 1.76 bits per heavy atom. The molecule has 2 heteroatoms. The maximum Gasteiger partial charge on any atom is 0.0426 e. The average Bonchev–Trinajstić information content (AvgIpc) is 2.80. The van der Waals surface area contributed by atoms with Gasteiger partial charge in [-0.05, 0) is 50.6 Å². The van der Waals surface area contributed by atoms with Crippen LogP contribution in [-0.2, 0) is 0 Å². The number of anilines is 1. The fourth-order valence-electron chi connectivity index (χ4n) is 3.11. The highest BCUT2D eigenvalue weighted by molar-refractivity contribution is 5.68. The van der Waals surface area contributed by atoms with Crippen LogP contribution in [0.1, 0.15) is 18.9 Å². The van der Waals surface area contributed by atoms with Crippen molar-refractivity contribution in [3.63, 3.8) is 0 Å². The number of likely N-dealkylation sites (tertiary alicyclic amines) is 1. The maximum absolute atomic E-state index is 3.70. The third kappa shape index (κ3) is 3.11. The van der Waals surface area contributed by atoms with Gasteiger partial charge in [-0.2, -0.15) is 0 Å². The predicted molar refractivity (Wildman–Crippen MR) is 90.7 cm³/mol. The van der Waals surface area contributed by atoms with Crippen molar-refractivity contribution < 1.29 is 0 Å². The van der Waals surface area contributed by atoms with Crippen LogP contribution in [0.15, 0.2) is 48.5 Å². The number of hydrogen-bond donors (Lipinski definition) is 1. The fraction of sp³-hybridized carbons (Fsp3) is 0.368. The molecule has 2 aromatic rings. The molecule has 1 saturated heterocycles. The van der Waals surface area contributed by atoms with E-state index in [-0.39, 0.29) is 0 Å². The van der Waals surface area contributed by atoms with Gasteiger partial charge < -0.3 is 10.2 Å². The summed E-state index contributed by atoms with van der Waals surface area (Å²) in [6.07, 6.45) is 1.21. The molecule has 110 valence electrons. The van der Waals surface area contributed by atoms with Crippen molar-refractivity contribution >= 4 is 5.69 Å². The van der Waals surface area contributed by atoms with Crippen LogP contribution in [-0.4, -0.2) is 30.6 Å². The average molecular weight is 280 g/mol. The van der Waals surface area contributed by atoms with E-state index in [1.54, 1.807) is 0 Å². The first-order chi connectivity index (χ1) is 10.1. The molecule has 1 fully saturated rings. The summed E-state index contributed by atoms with van der Waals surface area (Å²) in [4.78, 5) is 2.42. The van der Waals surface area contributed by atoms with Crippen molar-refractivity contribution in [2.75, 3.05) is 18.9 Å². The molecule has 2 nitrogen and oxygen atoms in total. The number of aryl methyl sites for hydroxylation is 1. The predicted octanol–water partition coefficient (Wildman–Crippen LogP) is 4.17. The summed E-state index contributed by atoms with van der Waals surface area (Å²) in [6.45, 7) is 5.62. The van der Waals surface area contributed by atoms with Gasteiger partial charge in [0.25, 0.3) is 0 Å². The van der Waals surface area contributed by atoms with Crippen LogP contribution in [0.3, 0.4) is 0 Å². The molecule has 0 saturated carbocycles. The lowest BCUT2D eigenvalue weighted by molar-refractivity contribution is 0.323. The topological polar surface area (TPSA) is 15.3 Å². The van der Waals surface area contributed by atoms with E-state index in [1.165, 1.54) is 35.3 Å². The Bertz CT molecular complexity index is 620. The van der Waals surface area contributed by atoms with Gasteiger partial charge in [0.1, 0.15) is 0 Å². The first kappa shape index (κ1) is 14.2. The Hall–Kier alpha value is -1.80.